The first-order valence-corrected chi connectivity index (χ1v) is 5.79. The predicted octanol–water partition coefficient (Wildman–Crippen LogP) is 1.98. The maximum atomic E-state index is 4.23. The van der Waals surface area contributed by atoms with Gasteiger partial charge in [-0.05, 0) is 5.92 Å². The fraction of sp³-hybridized carbons (Fsp3) is 0.417. The Morgan fingerprint density at radius 3 is 2.94 bits per heavy atom. The highest BCUT2D eigenvalue weighted by atomic mass is 15.0. The van der Waals surface area contributed by atoms with Gasteiger partial charge >= 0.3 is 0 Å². The molecule has 5 heteroatoms. The highest BCUT2D eigenvalue weighted by Gasteiger charge is 2.02. The number of hydrogen-bond donors (Lipinski definition) is 2. The molecule has 0 fully saturated rings. The maximum absolute atomic E-state index is 4.23. The fourth-order valence-corrected chi connectivity index (χ4v) is 1.53. The van der Waals surface area contributed by atoms with E-state index in [9.17, 15) is 0 Å². The number of nitrogens with one attached hydrogen (secondary N) is 2. The van der Waals surface area contributed by atoms with Gasteiger partial charge in [0.15, 0.2) is 0 Å². The van der Waals surface area contributed by atoms with Gasteiger partial charge in [0.05, 0.1) is 6.33 Å². The van der Waals surface area contributed by atoms with Crippen LogP contribution in [0.4, 0.5) is 5.82 Å². The second-order valence-corrected chi connectivity index (χ2v) is 4.24. The Kier molecular flexibility index (Phi) is 3.69. The second-order valence-electron chi connectivity index (χ2n) is 4.24. The van der Waals surface area contributed by atoms with Crippen molar-refractivity contribution in [3.63, 3.8) is 0 Å². The van der Waals surface area contributed by atoms with Gasteiger partial charge in [-0.3, -0.25) is 0 Å². The Labute approximate surface area is 101 Å². The minimum absolute atomic E-state index is 0.422. The molecule has 90 valence electrons. The zero-order valence-electron chi connectivity index (χ0n) is 10.1. The summed E-state index contributed by atoms with van der Waals surface area (Å²) >= 11 is 0. The largest absolute Gasteiger partial charge is 0.370 e. The van der Waals surface area contributed by atoms with Crippen molar-refractivity contribution >= 4 is 5.82 Å². The van der Waals surface area contributed by atoms with Crippen LogP contribution in [0.2, 0.25) is 0 Å². The third-order valence-electron chi connectivity index (χ3n) is 2.54. The van der Waals surface area contributed by atoms with Gasteiger partial charge < -0.3 is 10.3 Å². The SMILES string of the molecule is CC(C)c1cc(NCCc2cnc[nH]2)ncn1. The minimum atomic E-state index is 0.422. The summed E-state index contributed by atoms with van der Waals surface area (Å²) in [5.74, 6) is 1.30. The van der Waals surface area contributed by atoms with E-state index in [1.165, 1.54) is 0 Å². The Hall–Kier alpha value is -1.91. The molecule has 0 atom stereocenters. The van der Waals surface area contributed by atoms with Crippen LogP contribution in [0, 0.1) is 0 Å². The van der Waals surface area contributed by atoms with Crippen molar-refractivity contribution in [3.8, 4) is 0 Å². The number of aromatic nitrogens is 4. The molecular weight excluding hydrogens is 214 g/mol. The summed E-state index contributed by atoms with van der Waals surface area (Å²) in [5, 5.41) is 3.28. The minimum Gasteiger partial charge on any atom is -0.370 e. The van der Waals surface area contributed by atoms with Gasteiger partial charge in [-0.25, -0.2) is 15.0 Å². The molecule has 0 unspecified atom stereocenters. The molecule has 0 saturated carbocycles. The van der Waals surface area contributed by atoms with Gasteiger partial charge in [0.1, 0.15) is 12.1 Å². The monoisotopic (exact) mass is 231 g/mol. The van der Waals surface area contributed by atoms with Crippen LogP contribution >= 0.6 is 0 Å². The molecule has 2 aromatic rings. The molecule has 17 heavy (non-hydrogen) atoms. The zero-order valence-corrected chi connectivity index (χ0v) is 10.1. The van der Waals surface area contributed by atoms with Crippen molar-refractivity contribution in [2.75, 3.05) is 11.9 Å². The van der Waals surface area contributed by atoms with Crippen molar-refractivity contribution in [2.24, 2.45) is 0 Å². The van der Waals surface area contributed by atoms with Gasteiger partial charge in [0.2, 0.25) is 0 Å². The normalized spacial score (nSPS) is 10.8. The molecule has 2 rings (SSSR count). The molecule has 2 N–H and O–H groups in total. The number of anilines is 1. The third kappa shape index (κ3) is 3.27. The van der Waals surface area contributed by atoms with E-state index in [2.05, 4.69) is 39.1 Å². The van der Waals surface area contributed by atoms with Crippen LogP contribution in [-0.2, 0) is 6.42 Å². The molecule has 0 amide bonds. The summed E-state index contributed by atoms with van der Waals surface area (Å²) in [6, 6.07) is 2.00. The van der Waals surface area contributed by atoms with E-state index in [1.54, 1.807) is 12.7 Å². The molecule has 0 radical (unpaired) electrons. The molecule has 5 nitrogen and oxygen atoms in total. The van der Waals surface area contributed by atoms with Crippen LogP contribution in [0.15, 0.2) is 24.9 Å². The van der Waals surface area contributed by atoms with Crippen molar-refractivity contribution in [1.29, 1.82) is 0 Å². The van der Waals surface area contributed by atoms with Crippen LogP contribution < -0.4 is 5.32 Å². The van der Waals surface area contributed by atoms with Gasteiger partial charge in [-0.1, -0.05) is 13.8 Å². The molecule has 0 aromatic carbocycles. The number of imidazole rings is 1. The highest BCUT2D eigenvalue weighted by Crippen LogP contribution is 2.13. The maximum Gasteiger partial charge on any atom is 0.129 e. The van der Waals surface area contributed by atoms with Gasteiger partial charge in [-0.15, -0.1) is 0 Å². The van der Waals surface area contributed by atoms with E-state index < -0.39 is 0 Å². The Morgan fingerprint density at radius 1 is 1.35 bits per heavy atom. The Bertz CT molecular complexity index is 450. The Balaban J connectivity index is 1.88. The number of nitrogens with zero attached hydrogens (tertiary/aromatic N) is 3. The van der Waals surface area contributed by atoms with Crippen LogP contribution in [0.3, 0.4) is 0 Å². The van der Waals surface area contributed by atoms with E-state index >= 15 is 0 Å². The summed E-state index contributed by atoms with van der Waals surface area (Å²) < 4.78 is 0. The molecule has 0 bridgehead atoms. The second kappa shape index (κ2) is 5.43. The molecule has 0 saturated heterocycles. The standard InChI is InChI=1S/C12H17N5/c1-9(2)11-5-12(17-8-16-11)14-4-3-10-6-13-7-15-10/h5-9H,3-4H2,1-2H3,(H,13,15)(H,14,16,17). The number of hydrogen-bond acceptors (Lipinski definition) is 4. The van der Waals surface area contributed by atoms with E-state index in [-0.39, 0.29) is 0 Å². The summed E-state index contributed by atoms with van der Waals surface area (Å²) in [7, 11) is 0. The smallest absolute Gasteiger partial charge is 0.129 e. The van der Waals surface area contributed by atoms with Crippen LogP contribution in [0.25, 0.3) is 0 Å². The number of aromatic amines is 1. The van der Waals surface area contributed by atoms with Crippen LogP contribution in [0.1, 0.15) is 31.2 Å². The summed E-state index contributed by atoms with van der Waals surface area (Å²) in [5.41, 5.74) is 2.18. The highest BCUT2D eigenvalue weighted by molar-refractivity contribution is 5.35. The van der Waals surface area contributed by atoms with E-state index in [4.69, 9.17) is 0 Å². The average Bonchev–Trinajstić information content (AvgIpc) is 2.82. The Morgan fingerprint density at radius 2 is 2.24 bits per heavy atom. The molecule has 0 aliphatic carbocycles. The lowest BCUT2D eigenvalue weighted by Crippen LogP contribution is -2.07. The van der Waals surface area contributed by atoms with Gasteiger partial charge in [-0.2, -0.15) is 0 Å². The fourth-order valence-electron chi connectivity index (χ4n) is 1.53. The lowest BCUT2D eigenvalue weighted by atomic mass is 10.1. The predicted molar refractivity (Wildman–Crippen MR) is 66.9 cm³/mol. The molecular formula is C12H17N5. The lowest BCUT2D eigenvalue weighted by molar-refractivity contribution is 0.813. The molecule has 2 aromatic heterocycles. The average molecular weight is 231 g/mol. The van der Waals surface area contributed by atoms with E-state index in [1.807, 2.05) is 12.3 Å². The quantitative estimate of drug-likeness (QED) is 0.825. The van der Waals surface area contributed by atoms with E-state index in [0.29, 0.717) is 5.92 Å². The molecule has 0 aliphatic heterocycles. The third-order valence-corrected chi connectivity index (χ3v) is 2.54. The van der Waals surface area contributed by atoms with Crippen molar-refractivity contribution in [1.82, 2.24) is 19.9 Å². The first kappa shape index (κ1) is 11.6. The molecule has 2 heterocycles. The first-order chi connectivity index (χ1) is 8.25. The first-order valence-electron chi connectivity index (χ1n) is 5.79. The van der Waals surface area contributed by atoms with Crippen LogP contribution in [0.5, 0.6) is 0 Å². The molecule has 0 spiro atoms. The van der Waals surface area contributed by atoms with Crippen molar-refractivity contribution in [2.45, 2.75) is 26.2 Å². The van der Waals surface area contributed by atoms with Gasteiger partial charge in [0.25, 0.3) is 0 Å². The summed E-state index contributed by atoms with van der Waals surface area (Å²) in [4.78, 5) is 15.5. The topological polar surface area (TPSA) is 66.5 Å². The summed E-state index contributed by atoms with van der Waals surface area (Å²) in [6.45, 7) is 5.07. The number of rotatable bonds is 5. The zero-order chi connectivity index (χ0) is 12.1. The van der Waals surface area contributed by atoms with Gasteiger partial charge in [0, 0.05) is 36.6 Å². The van der Waals surface area contributed by atoms with Crippen molar-refractivity contribution < 1.29 is 0 Å². The summed E-state index contributed by atoms with van der Waals surface area (Å²) in [6.07, 6.45) is 6.03. The van der Waals surface area contributed by atoms with Crippen molar-refractivity contribution in [3.05, 3.63) is 36.3 Å². The number of H-pyrrole nitrogens is 1. The van der Waals surface area contributed by atoms with Crippen LogP contribution in [-0.4, -0.2) is 26.5 Å². The van der Waals surface area contributed by atoms with E-state index in [0.717, 1.165) is 30.2 Å². The molecule has 0 aliphatic rings. The lowest BCUT2D eigenvalue weighted by Gasteiger charge is -2.07.